The van der Waals surface area contributed by atoms with Crippen molar-refractivity contribution < 1.29 is 9.47 Å². The first kappa shape index (κ1) is 19.0. The maximum absolute atomic E-state index is 5.77. The highest BCUT2D eigenvalue weighted by Crippen LogP contribution is 2.28. The summed E-state index contributed by atoms with van der Waals surface area (Å²) < 4.78 is 11.0. The number of benzene rings is 2. The van der Waals surface area contributed by atoms with Gasteiger partial charge in [-0.25, -0.2) is 0 Å². The predicted octanol–water partition coefficient (Wildman–Crippen LogP) is 5.64. The Morgan fingerprint density at radius 3 is 2.00 bits per heavy atom. The van der Waals surface area contributed by atoms with Gasteiger partial charge in [-0.1, -0.05) is 64.1 Å². The number of hydrogen-bond acceptors (Lipinski definition) is 2. The second kappa shape index (κ2) is 11.8. The summed E-state index contributed by atoms with van der Waals surface area (Å²) in [5, 5.41) is 0. The van der Waals surface area contributed by atoms with E-state index in [0.29, 0.717) is 6.61 Å². The van der Waals surface area contributed by atoms with Gasteiger partial charge >= 0.3 is 0 Å². The SMILES string of the molecule is CC.CC.COc1ccc(C)cc1OCc1ccccc1. The van der Waals surface area contributed by atoms with Gasteiger partial charge in [0.05, 0.1) is 7.11 Å². The average Bonchev–Trinajstić information content (AvgIpc) is 2.58. The second-order valence-corrected chi connectivity index (χ2v) is 3.93. The van der Waals surface area contributed by atoms with Crippen LogP contribution in [-0.2, 0) is 6.61 Å². The van der Waals surface area contributed by atoms with Gasteiger partial charge in [-0.2, -0.15) is 0 Å². The highest BCUT2D eigenvalue weighted by Gasteiger charge is 2.04. The van der Waals surface area contributed by atoms with Crippen LogP contribution in [-0.4, -0.2) is 7.11 Å². The molecule has 0 bridgehead atoms. The molecule has 0 aliphatic rings. The van der Waals surface area contributed by atoms with Crippen LogP contribution in [0.1, 0.15) is 38.8 Å². The molecule has 0 fully saturated rings. The molecule has 2 nitrogen and oxygen atoms in total. The minimum atomic E-state index is 0.556. The fraction of sp³-hybridized carbons (Fsp3) is 0.368. The lowest BCUT2D eigenvalue weighted by Gasteiger charge is -2.11. The van der Waals surface area contributed by atoms with Crippen molar-refractivity contribution in [1.29, 1.82) is 0 Å². The Morgan fingerprint density at radius 2 is 1.43 bits per heavy atom. The summed E-state index contributed by atoms with van der Waals surface area (Å²) in [7, 11) is 1.65. The highest BCUT2D eigenvalue weighted by molar-refractivity contribution is 5.42. The molecule has 0 spiro atoms. The van der Waals surface area contributed by atoms with Crippen LogP contribution in [0.15, 0.2) is 48.5 Å². The Hall–Kier alpha value is -1.96. The van der Waals surface area contributed by atoms with Gasteiger partial charge in [0, 0.05) is 0 Å². The topological polar surface area (TPSA) is 18.5 Å². The molecule has 2 heteroatoms. The van der Waals surface area contributed by atoms with E-state index in [9.17, 15) is 0 Å². The van der Waals surface area contributed by atoms with Gasteiger partial charge in [-0.3, -0.25) is 0 Å². The van der Waals surface area contributed by atoms with Crippen LogP contribution in [0.3, 0.4) is 0 Å². The van der Waals surface area contributed by atoms with E-state index in [-0.39, 0.29) is 0 Å². The summed E-state index contributed by atoms with van der Waals surface area (Å²) in [6, 6.07) is 16.0. The van der Waals surface area contributed by atoms with Gasteiger partial charge in [0.2, 0.25) is 0 Å². The van der Waals surface area contributed by atoms with Crippen molar-refractivity contribution in [3.63, 3.8) is 0 Å². The van der Waals surface area contributed by atoms with Gasteiger partial charge in [0.1, 0.15) is 6.61 Å². The van der Waals surface area contributed by atoms with Crippen LogP contribution in [0.5, 0.6) is 11.5 Å². The maximum Gasteiger partial charge on any atom is 0.161 e. The maximum atomic E-state index is 5.77. The molecular formula is C19H28O2. The molecular weight excluding hydrogens is 260 g/mol. The second-order valence-electron chi connectivity index (χ2n) is 3.93. The summed E-state index contributed by atoms with van der Waals surface area (Å²) in [4.78, 5) is 0. The molecule has 0 amide bonds. The van der Waals surface area contributed by atoms with Crippen LogP contribution < -0.4 is 9.47 Å². The molecule has 21 heavy (non-hydrogen) atoms. The molecule has 0 atom stereocenters. The van der Waals surface area contributed by atoms with E-state index in [4.69, 9.17) is 9.47 Å². The van der Waals surface area contributed by atoms with E-state index in [2.05, 4.69) is 0 Å². The smallest absolute Gasteiger partial charge is 0.161 e. The Bertz CT molecular complexity index is 478. The number of aryl methyl sites for hydroxylation is 1. The summed E-state index contributed by atoms with van der Waals surface area (Å²) >= 11 is 0. The lowest BCUT2D eigenvalue weighted by atomic mass is 10.2. The summed E-state index contributed by atoms with van der Waals surface area (Å²) in [6.07, 6.45) is 0. The van der Waals surface area contributed by atoms with Crippen molar-refractivity contribution >= 4 is 0 Å². The quantitative estimate of drug-likeness (QED) is 0.725. The third-order valence-corrected chi connectivity index (χ3v) is 2.56. The number of ether oxygens (including phenoxy) is 2. The molecule has 116 valence electrons. The molecule has 0 heterocycles. The number of rotatable bonds is 4. The van der Waals surface area contributed by atoms with Gasteiger partial charge in [0.15, 0.2) is 11.5 Å². The Labute approximate surface area is 129 Å². The van der Waals surface area contributed by atoms with Crippen LogP contribution in [0, 0.1) is 6.92 Å². The zero-order valence-electron chi connectivity index (χ0n) is 14.1. The zero-order valence-corrected chi connectivity index (χ0v) is 14.1. The summed E-state index contributed by atoms with van der Waals surface area (Å²) in [5.41, 5.74) is 2.31. The molecule has 0 aliphatic heterocycles. The van der Waals surface area contributed by atoms with Gasteiger partial charge in [-0.15, -0.1) is 0 Å². The lowest BCUT2D eigenvalue weighted by Crippen LogP contribution is -1.97. The van der Waals surface area contributed by atoms with Gasteiger partial charge in [0.25, 0.3) is 0 Å². The number of hydrogen-bond donors (Lipinski definition) is 0. The third kappa shape index (κ3) is 6.84. The summed E-state index contributed by atoms with van der Waals surface area (Å²) in [6.45, 7) is 10.6. The van der Waals surface area contributed by atoms with Crippen LogP contribution in [0.25, 0.3) is 0 Å². The van der Waals surface area contributed by atoms with E-state index in [1.807, 2.05) is 83.1 Å². The van der Waals surface area contributed by atoms with Crippen LogP contribution in [0.4, 0.5) is 0 Å². The molecule has 0 unspecified atom stereocenters. The van der Waals surface area contributed by atoms with E-state index in [1.54, 1.807) is 7.11 Å². The fourth-order valence-electron chi connectivity index (χ4n) is 1.63. The minimum absolute atomic E-state index is 0.556. The van der Waals surface area contributed by atoms with E-state index < -0.39 is 0 Å². The number of methoxy groups -OCH3 is 1. The first-order chi connectivity index (χ1) is 10.3. The Morgan fingerprint density at radius 1 is 0.810 bits per heavy atom. The molecule has 2 aromatic rings. The third-order valence-electron chi connectivity index (χ3n) is 2.56. The first-order valence-electron chi connectivity index (χ1n) is 7.61. The van der Waals surface area contributed by atoms with Crippen molar-refractivity contribution in [2.75, 3.05) is 7.11 Å². The first-order valence-corrected chi connectivity index (χ1v) is 7.61. The van der Waals surface area contributed by atoms with Crippen molar-refractivity contribution in [2.45, 2.75) is 41.2 Å². The Kier molecular flexibility index (Phi) is 10.7. The highest BCUT2D eigenvalue weighted by atomic mass is 16.5. The van der Waals surface area contributed by atoms with Crippen LogP contribution in [0.2, 0.25) is 0 Å². The molecule has 0 radical (unpaired) electrons. The van der Waals surface area contributed by atoms with Crippen molar-refractivity contribution in [1.82, 2.24) is 0 Å². The van der Waals surface area contributed by atoms with Crippen LogP contribution >= 0.6 is 0 Å². The van der Waals surface area contributed by atoms with Crippen molar-refractivity contribution in [3.8, 4) is 11.5 Å². The summed E-state index contributed by atoms with van der Waals surface area (Å²) in [5.74, 6) is 1.56. The molecule has 2 aromatic carbocycles. The average molecular weight is 288 g/mol. The molecule has 0 N–H and O–H groups in total. The normalized spacial score (nSPS) is 8.67. The molecule has 0 saturated heterocycles. The van der Waals surface area contributed by atoms with Gasteiger partial charge in [-0.05, 0) is 30.2 Å². The van der Waals surface area contributed by atoms with Crippen molar-refractivity contribution in [3.05, 3.63) is 59.7 Å². The predicted molar refractivity (Wildman–Crippen MR) is 91.2 cm³/mol. The van der Waals surface area contributed by atoms with E-state index in [0.717, 1.165) is 22.6 Å². The Balaban J connectivity index is 0.000000921. The molecule has 2 rings (SSSR count). The largest absolute Gasteiger partial charge is 0.493 e. The lowest BCUT2D eigenvalue weighted by molar-refractivity contribution is 0.284. The minimum Gasteiger partial charge on any atom is -0.493 e. The standard InChI is InChI=1S/C15H16O2.2C2H6/c1-12-8-9-14(16-2)15(10-12)17-11-13-6-4-3-5-7-13;2*1-2/h3-10H,11H2,1-2H3;2*1-2H3. The fourth-order valence-corrected chi connectivity index (χ4v) is 1.63. The van der Waals surface area contributed by atoms with Crippen molar-refractivity contribution in [2.24, 2.45) is 0 Å². The molecule has 0 saturated carbocycles. The molecule has 0 aromatic heterocycles. The van der Waals surface area contributed by atoms with E-state index in [1.165, 1.54) is 0 Å². The zero-order chi connectivity index (χ0) is 16.1. The molecule has 0 aliphatic carbocycles. The van der Waals surface area contributed by atoms with Gasteiger partial charge < -0.3 is 9.47 Å². The van der Waals surface area contributed by atoms with E-state index >= 15 is 0 Å². The monoisotopic (exact) mass is 288 g/mol.